The van der Waals surface area contributed by atoms with E-state index < -0.39 is 11.0 Å². The molecule has 0 aliphatic carbocycles. The summed E-state index contributed by atoms with van der Waals surface area (Å²) in [5.74, 6) is 0.119. The van der Waals surface area contributed by atoms with E-state index in [1.54, 1.807) is 4.57 Å². The van der Waals surface area contributed by atoms with Gasteiger partial charge >= 0.3 is 5.69 Å². The summed E-state index contributed by atoms with van der Waals surface area (Å²) in [6, 6.07) is 24.1. The maximum absolute atomic E-state index is 14.3. The quantitative estimate of drug-likeness (QED) is 0.310. The highest BCUT2D eigenvalue weighted by Crippen LogP contribution is 2.54. The first-order valence-electron chi connectivity index (χ1n) is 13.5. The highest BCUT2D eigenvalue weighted by Gasteiger charge is 2.56. The number of hydrogen-bond donors (Lipinski definition) is 2. The number of carbonyl (C=O) groups excluding carboxylic acids is 1. The van der Waals surface area contributed by atoms with Gasteiger partial charge in [0.05, 0.1) is 5.56 Å². The minimum atomic E-state index is -1.40. The van der Waals surface area contributed by atoms with Crippen LogP contribution < -0.4 is 21.9 Å². The Morgan fingerprint density at radius 3 is 2.03 bits per heavy atom. The zero-order chi connectivity index (χ0) is 26.9. The molecule has 39 heavy (non-hydrogen) atoms. The van der Waals surface area contributed by atoms with E-state index in [-0.39, 0.29) is 18.1 Å². The third-order valence-electron chi connectivity index (χ3n) is 8.12. The topological polar surface area (TPSA) is 85.1 Å². The lowest BCUT2D eigenvalue weighted by atomic mass is 9.68. The van der Waals surface area contributed by atoms with Gasteiger partial charge in [0.15, 0.2) is 0 Å². The number of hydrogen-bond acceptors (Lipinski definition) is 4. The van der Waals surface area contributed by atoms with E-state index >= 15 is 0 Å². The van der Waals surface area contributed by atoms with Gasteiger partial charge in [0.1, 0.15) is 11.2 Å². The van der Waals surface area contributed by atoms with Crippen molar-refractivity contribution < 1.29 is 4.79 Å². The van der Waals surface area contributed by atoms with Gasteiger partial charge in [-0.3, -0.25) is 18.7 Å². The Morgan fingerprint density at radius 2 is 1.31 bits per heavy atom. The maximum Gasteiger partial charge on any atom is 0.332 e. The Labute approximate surface area is 224 Å². The van der Waals surface area contributed by atoms with Gasteiger partial charge in [-0.1, -0.05) is 56.3 Å². The number of para-hydroxylation sites is 1. The van der Waals surface area contributed by atoms with Crippen LogP contribution in [-0.2, 0) is 23.3 Å². The highest BCUT2D eigenvalue weighted by atomic mass is 16.2. The molecule has 3 heterocycles. The number of benzene rings is 4. The second-order valence-electron chi connectivity index (χ2n) is 10.4. The summed E-state index contributed by atoms with van der Waals surface area (Å²) in [6.45, 7) is 4.64. The Kier molecular flexibility index (Phi) is 5.07. The van der Waals surface area contributed by atoms with Crippen LogP contribution in [0.1, 0.15) is 43.4 Å². The number of nitrogens with one attached hydrogen (secondary N) is 2. The number of anilines is 3. The Balaban J connectivity index is 1.64. The molecule has 4 aromatic carbocycles. The summed E-state index contributed by atoms with van der Waals surface area (Å²) >= 11 is 0. The van der Waals surface area contributed by atoms with Crippen LogP contribution in [0, 0.1) is 0 Å². The van der Waals surface area contributed by atoms with Crippen molar-refractivity contribution in [2.45, 2.75) is 45.2 Å². The van der Waals surface area contributed by atoms with Crippen molar-refractivity contribution in [3.05, 3.63) is 110 Å². The van der Waals surface area contributed by atoms with E-state index in [9.17, 15) is 14.4 Å². The number of rotatable bonds is 4. The van der Waals surface area contributed by atoms with E-state index in [1.807, 2.05) is 62.4 Å². The second kappa shape index (κ2) is 8.43. The average molecular weight is 517 g/mol. The van der Waals surface area contributed by atoms with Gasteiger partial charge in [0, 0.05) is 35.6 Å². The molecule has 2 aliphatic heterocycles. The Hall–Kier alpha value is -4.65. The fourth-order valence-corrected chi connectivity index (χ4v) is 6.46. The molecule has 0 unspecified atom stereocenters. The maximum atomic E-state index is 14.3. The SMILES string of the molecule is CCCn1c2c(c(=O)n(CCC)c1=O)[C@@]1(C(=O)Nc3cc4cc5ccccc5cc4cc31)c1ccccc1N2. The molecule has 194 valence electrons. The third-order valence-corrected chi connectivity index (χ3v) is 8.12. The number of amides is 1. The molecule has 1 atom stereocenters. The van der Waals surface area contributed by atoms with Gasteiger partial charge in [0.2, 0.25) is 5.91 Å². The lowest BCUT2D eigenvalue weighted by Crippen LogP contribution is -2.51. The normalized spacial score (nSPS) is 17.1. The molecule has 0 bridgehead atoms. The molecule has 7 nitrogen and oxygen atoms in total. The number of carbonyl (C=O) groups is 1. The molecule has 1 aromatic heterocycles. The summed E-state index contributed by atoms with van der Waals surface area (Å²) in [6.07, 6.45) is 1.32. The number of aromatic nitrogens is 2. The largest absolute Gasteiger partial charge is 0.341 e. The van der Waals surface area contributed by atoms with E-state index in [1.165, 1.54) is 4.57 Å². The van der Waals surface area contributed by atoms with E-state index in [4.69, 9.17) is 0 Å². The fraction of sp³-hybridized carbons (Fsp3) is 0.219. The first kappa shape index (κ1) is 23.5. The van der Waals surface area contributed by atoms with Crippen LogP contribution in [-0.4, -0.2) is 15.0 Å². The molecule has 0 saturated carbocycles. The summed E-state index contributed by atoms with van der Waals surface area (Å²) in [4.78, 5) is 42.2. The lowest BCUT2D eigenvalue weighted by Gasteiger charge is -2.37. The van der Waals surface area contributed by atoms with E-state index in [0.29, 0.717) is 47.7 Å². The molecule has 2 aliphatic rings. The minimum Gasteiger partial charge on any atom is -0.341 e. The first-order valence-corrected chi connectivity index (χ1v) is 13.5. The van der Waals surface area contributed by atoms with Gasteiger partial charge in [-0.25, -0.2) is 4.79 Å². The summed E-state index contributed by atoms with van der Waals surface area (Å²) in [7, 11) is 0. The van der Waals surface area contributed by atoms with Gasteiger partial charge in [0.25, 0.3) is 5.56 Å². The Bertz CT molecular complexity index is 1970. The van der Waals surface area contributed by atoms with Gasteiger partial charge in [-0.15, -0.1) is 0 Å². The molecule has 0 fully saturated rings. The number of fused-ring (bicyclic) bond motifs is 8. The summed E-state index contributed by atoms with van der Waals surface area (Å²) in [5.41, 5.74) is 0.953. The molecule has 7 heteroatoms. The molecule has 0 radical (unpaired) electrons. The highest BCUT2D eigenvalue weighted by molar-refractivity contribution is 6.16. The van der Waals surface area contributed by atoms with Crippen LogP contribution in [0.3, 0.4) is 0 Å². The van der Waals surface area contributed by atoms with Crippen molar-refractivity contribution >= 4 is 44.6 Å². The second-order valence-corrected chi connectivity index (χ2v) is 10.4. The van der Waals surface area contributed by atoms with Crippen LogP contribution in [0.25, 0.3) is 21.5 Å². The average Bonchev–Trinajstić information content (AvgIpc) is 3.21. The molecular weight excluding hydrogens is 488 g/mol. The van der Waals surface area contributed by atoms with Crippen molar-refractivity contribution in [2.24, 2.45) is 0 Å². The van der Waals surface area contributed by atoms with Crippen LogP contribution in [0.15, 0.2) is 82.4 Å². The zero-order valence-electron chi connectivity index (χ0n) is 21.9. The van der Waals surface area contributed by atoms with Gasteiger partial charge < -0.3 is 10.6 Å². The van der Waals surface area contributed by atoms with Crippen molar-refractivity contribution in [3.63, 3.8) is 0 Å². The van der Waals surface area contributed by atoms with Crippen LogP contribution in [0.2, 0.25) is 0 Å². The molecule has 7 rings (SSSR count). The molecule has 0 saturated heterocycles. The first-order chi connectivity index (χ1) is 19.0. The van der Waals surface area contributed by atoms with Crippen molar-refractivity contribution in [3.8, 4) is 0 Å². The smallest absolute Gasteiger partial charge is 0.332 e. The van der Waals surface area contributed by atoms with Crippen molar-refractivity contribution in [2.75, 3.05) is 10.6 Å². The van der Waals surface area contributed by atoms with Gasteiger partial charge in [-0.2, -0.15) is 0 Å². The molecule has 2 N–H and O–H groups in total. The zero-order valence-corrected chi connectivity index (χ0v) is 21.9. The lowest BCUT2D eigenvalue weighted by molar-refractivity contribution is -0.118. The van der Waals surface area contributed by atoms with Gasteiger partial charge in [-0.05, 0) is 64.7 Å². The number of nitrogens with zero attached hydrogens (tertiary/aromatic N) is 2. The van der Waals surface area contributed by atoms with Crippen molar-refractivity contribution in [1.29, 1.82) is 0 Å². The Morgan fingerprint density at radius 1 is 0.667 bits per heavy atom. The predicted molar refractivity (Wildman–Crippen MR) is 155 cm³/mol. The molecule has 5 aromatic rings. The standard InChI is InChI=1S/C32H28N4O3/c1-3-13-35-28-27(29(37)36(14-4-2)31(35)39)32(23-11-7-8-12-25(23)33-28)24-17-21-15-19-9-5-6-10-20(19)16-22(21)18-26(24)34-30(32)38/h5-12,15-18,33H,3-4,13-14H2,1-2H3,(H,34,38)/t32-/m1/s1. The van der Waals surface area contributed by atoms with Crippen LogP contribution >= 0.6 is 0 Å². The monoisotopic (exact) mass is 516 g/mol. The molecular formula is C32H28N4O3. The van der Waals surface area contributed by atoms with Crippen LogP contribution in [0.5, 0.6) is 0 Å². The molecule has 1 spiro atoms. The fourth-order valence-electron chi connectivity index (χ4n) is 6.46. The third kappa shape index (κ3) is 3.07. The molecule has 1 amide bonds. The van der Waals surface area contributed by atoms with Crippen molar-refractivity contribution in [1.82, 2.24) is 9.13 Å². The summed E-state index contributed by atoms with van der Waals surface area (Å²) in [5, 5.41) is 10.7. The van der Waals surface area contributed by atoms with E-state index in [2.05, 4.69) is 34.9 Å². The van der Waals surface area contributed by atoms with Crippen LogP contribution in [0.4, 0.5) is 17.2 Å². The minimum absolute atomic E-state index is 0.282. The predicted octanol–water partition coefficient (Wildman–Crippen LogP) is 5.48. The summed E-state index contributed by atoms with van der Waals surface area (Å²) < 4.78 is 2.93. The van der Waals surface area contributed by atoms with E-state index in [0.717, 1.165) is 27.1 Å².